The molecule has 2 aliphatic rings. The van der Waals surface area contributed by atoms with E-state index in [0.29, 0.717) is 13.1 Å². The Labute approximate surface area is 166 Å². The molecule has 4 heterocycles. The van der Waals surface area contributed by atoms with Crippen LogP contribution in [0.5, 0.6) is 0 Å². The molecular formula is C21H22N4O2S. The molecule has 0 N–H and O–H groups in total. The van der Waals surface area contributed by atoms with Crippen LogP contribution >= 0.6 is 11.3 Å². The van der Waals surface area contributed by atoms with Crippen LogP contribution in [0.4, 0.5) is 0 Å². The van der Waals surface area contributed by atoms with Crippen LogP contribution < -0.4 is 11.1 Å². The summed E-state index contributed by atoms with van der Waals surface area (Å²) in [5.41, 5.74) is 0.0270. The van der Waals surface area contributed by atoms with Gasteiger partial charge in [-0.2, -0.15) is 5.10 Å². The Kier molecular flexibility index (Phi) is 4.29. The minimum absolute atomic E-state index is 0.0226. The van der Waals surface area contributed by atoms with Gasteiger partial charge in [-0.25, -0.2) is 4.68 Å². The van der Waals surface area contributed by atoms with Gasteiger partial charge in [0, 0.05) is 36.3 Å². The minimum atomic E-state index is -0.530. The zero-order valence-electron chi connectivity index (χ0n) is 15.6. The molecule has 0 saturated carbocycles. The Morgan fingerprint density at radius 1 is 1.00 bits per heavy atom. The summed E-state index contributed by atoms with van der Waals surface area (Å²) in [6, 6.07) is 13.9. The van der Waals surface area contributed by atoms with Crippen molar-refractivity contribution in [2.75, 3.05) is 13.1 Å². The van der Waals surface area contributed by atoms with E-state index in [1.54, 1.807) is 15.9 Å². The van der Waals surface area contributed by atoms with Gasteiger partial charge in [0.1, 0.15) is 5.82 Å². The van der Waals surface area contributed by atoms with Crippen molar-refractivity contribution in [2.24, 2.45) is 5.41 Å². The Hall–Kier alpha value is -2.51. The lowest BCUT2D eigenvalue weighted by Gasteiger charge is -2.22. The van der Waals surface area contributed by atoms with E-state index in [-0.39, 0.29) is 5.41 Å². The molecule has 2 aliphatic heterocycles. The van der Waals surface area contributed by atoms with E-state index >= 15 is 0 Å². The Bertz CT molecular complexity index is 1100. The van der Waals surface area contributed by atoms with Gasteiger partial charge in [0.15, 0.2) is 0 Å². The fraction of sp³-hybridized carbons (Fsp3) is 0.381. The maximum absolute atomic E-state index is 12.7. The second-order valence-corrected chi connectivity index (χ2v) is 9.00. The second-order valence-electron chi connectivity index (χ2n) is 7.97. The fourth-order valence-electron chi connectivity index (χ4n) is 4.52. The molecule has 6 nitrogen and oxygen atoms in total. The number of hydrogen-bond acceptors (Lipinski definition) is 5. The SMILES string of the molecule is O=c1c(=O)n2c(nn1Cc1ccccc1)CC1(CCN(Cc3cccs3)C1)C2. The quantitative estimate of drug-likeness (QED) is 0.635. The van der Waals surface area contributed by atoms with Gasteiger partial charge in [0.2, 0.25) is 0 Å². The van der Waals surface area contributed by atoms with Crippen molar-refractivity contribution >= 4 is 11.3 Å². The molecule has 0 bridgehead atoms. The van der Waals surface area contributed by atoms with Gasteiger partial charge in [-0.05, 0) is 30.0 Å². The van der Waals surface area contributed by atoms with Crippen LogP contribution in [0.15, 0.2) is 57.4 Å². The van der Waals surface area contributed by atoms with Gasteiger partial charge >= 0.3 is 11.1 Å². The summed E-state index contributed by atoms with van der Waals surface area (Å²) in [4.78, 5) is 29.1. The maximum Gasteiger partial charge on any atom is 0.332 e. The molecule has 28 heavy (non-hydrogen) atoms. The van der Waals surface area contributed by atoms with Crippen molar-refractivity contribution in [3.63, 3.8) is 0 Å². The molecule has 2 aromatic heterocycles. The molecule has 5 rings (SSSR count). The number of likely N-dealkylation sites (tertiary alicyclic amines) is 1. The summed E-state index contributed by atoms with van der Waals surface area (Å²) < 4.78 is 2.96. The summed E-state index contributed by atoms with van der Waals surface area (Å²) in [6.45, 7) is 3.87. The largest absolute Gasteiger partial charge is 0.332 e. The van der Waals surface area contributed by atoms with Crippen LogP contribution in [-0.4, -0.2) is 32.3 Å². The smallest absolute Gasteiger partial charge is 0.298 e. The van der Waals surface area contributed by atoms with Gasteiger partial charge < -0.3 is 0 Å². The number of fused-ring (bicyclic) bond motifs is 1. The molecule has 1 unspecified atom stereocenters. The molecule has 1 fully saturated rings. The molecule has 0 amide bonds. The summed E-state index contributed by atoms with van der Waals surface area (Å²) in [7, 11) is 0. The standard InChI is InChI=1S/C21H22N4O2S/c26-19-20(27)25(12-16-5-2-1-3-6-16)22-18-11-21(15-24(18)19)8-9-23(14-21)13-17-7-4-10-28-17/h1-7,10H,8-9,11-15H2. The predicted octanol–water partition coefficient (Wildman–Crippen LogP) is 1.96. The molecule has 3 aromatic rings. The first-order valence-electron chi connectivity index (χ1n) is 9.61. The molecule has 1 atom stereocenters. The molecule has 1 aromatic carbocycles. The lowest BCUT2D eigenvalue weighted by molar-refractivity contribution is 0.247. The topological polar surface area (TPSA) is 60.1 Å². The first-order chi connectivity index (χ1) is 13.6. The summed E-state index contributed by atoms with van der Waals surface area (Å²) in [5, 5.41) is 6.69. The Morgan fingerprint density at radius 2 is 1.86 bits per heavy atom. The van der Waals surface area contributed by atoms with Gasteiger partial charge in [0.05, 0.1) is 6.54 Å². The van der Waals surface area contributed by atoms with Crippen molar-refractivity contribution in [2.45, 2.75) is 32.5 Å². The average Bonchev–Trinajstić information content (AvgIpc) is 3.42. The zero-order chi connectivity index (χ0) is 19.1. The summed E-state index contributed by atoms with van der Waals surface area (Å²) in [6.07, 6.45) is 1.80. The molecule has 144 valence electrons. The molecule has 1 saturated heterocycles. The summed E-state index contributed by atoms with van der Waals surface area (Å²) in [5.74, 6) is 0.749. The second kappa shape index (κ2) is 6.83. The van der Waals surface area contributed by atoms with Crippen molar-refractivity contribution in [3.8, 4) is 0 Å². The maximum atomic E-state index is 12.7. The number of thiophene rings is 1. The van der Waals surface area contributed by atoms with Gasteiger partial charge in [-0.15, -0.1) is 11.3 Å². The molecule has 0 aliphatic carbocycles. The Balaban J connectivity index is 1.39. The monoisotopic (exact) mass is 394 g/mol. The molecular weight excluding hydrogens is 372 g/mol. The van der Waals surface area contributed by atoms with E-state index in [2.05, 4.69) is 27.5 Å². The molecule has 1 spiro atoms. The van der Waals surface area contributed by atoms with E-state index in [0.717, 1.165) is 43.9 Å². The first kappa shape index (κ1) is 17.6. The van der Waals surface area contributed by atoms with Gasteiger partial charge in [-0.1, -0.05) is 36.4 Å². The highest BCUT2D eigenvalue weighted by atomic mass is 32.1. The van der Waals surface area contributed by atoms with Crippen molar-refractivity contribution < 1.29 is 0 Å². The Morgan fingerprint density at radius 3 is 2.64 bits per heavy atom. The van der Waals surface area contributed by atoms with E-state index in [9.17, 15) is 9.59 Å². The summed E-state index contributed by atoms with van der Waals surface area (Å²) >= 11 is 1.78. The molecule has 7 heteroatoms. The number of aromatic nitrogens is 3. The highest BCUT2D eigenvalue weighted by Gasteiger charge is 2.44. The number of nitrogens with zero attached hydrogens (tertiary/aromatic N) is 4. The highest BCUT2D eigenvalue weighted by Crippen LogP contribution is 2.39. The number of hydrogen-bond donors (Lipinski definition) is 0. The normalized spacial score (nSPS) is 21.4. The third kappa shape index (κ3) is 3.14. The van der Waals surface area contributed by atoms with E-state index in [1.165, 1.54) is 9.56 Å². The van der Waals surface area contributed by atoms with Crippen LogP contribution in [0.25, 0.3) is 0 Å². The van der Waals surface area contributed by atoms with Crippen molar-refractivity contribution in [3.05, 3.63) is 84.8 Å². The third-order valence-electron chi connectivity index (χ3n) is 5.89. The fourth-order valence-corrected chi connectivity index (χ4v) is 5.27. The predicted molar refractivity (Wildman–Crippen MR) is 109 cm³/mol. The van der Waals surface area contributed by atoms with Crippen LogP contribution in [0.2, 0.25) is 0 Å². The van der Waals surface area contributed by atoms with E-state index in [1.807, 2.05) is 30.3 Å². The molecule has 0 radical (unpaired) electrons. The van der Waals surface area contributed by atoms with Crippen molar-refractivity contribution in [1.82, 2.24) is 19.2 Å². The van der Waals surface area contributed by atoms with E-state index in [4.69, 9.17) is 0 Å². The minimum Gasteiger partial charge on any atom is -0.298 e. The lowest BCUT2D eigenvalue weighted by atomic mass is 9.86. The van der Waals surface area contributed by atoms with Crippen molar-refractivity contribution in [1.29, 1.82) is 0 Å². The first-order valence-corrected chi connectivity index (χ1v) is 10.5. The van der Waals surface area contributed by atoms with Crippen LogP contribution in [0.3, 0.4) is 0 Å². The zero-order valence-corrected chi connectivity index (χ0v) is 16.4. The highest BCUT2D eigenvalue weighted by molar-refractivity contribution is 7.09. The van der Waals surface area contributed by atoms with Crippen LogP contribution in [-0.2, 0) is 26.1 Å². The third-order valence-corrected chi connectivity index (χ3v) is 6.75. The van der Waals surface area contributed by atoms with Crippen LogP contribution in [0, 0.1) is 5.41 Å². The van der Waals surface area contributed by atoms with Gasteiger partial charge in [0.25, 0.3) is 0 Å². The number of rotatable bonds is 4. The number of benzene rings is 1. The average molecular weight is 395 g/mol. The van der Waals surface area contributed by atoms with Gasteiger partial charge in [-0.3, -0.25) is 19.1 Å². The lowest BCUT2D eigenvalue weighted by Crippen LogP contribution is -2.43. The van der Waals surface area contributed by atoms with E-state index < -0.39 is 11.1 Å². The van der Waals surface area contributed by atoms with Crippen LogP contribution in [0.1, 0.15) is 22.7 Å².